The summed E-state index contributed by atoms with van der Waals surface area (Å²) in [6, 6.07) is 4.38. The number of phenolic OH excluding ortho intramolecular Hbond substituents is 2. The standard InChI is InChI=1S/C20H14O8/c1-28-11-4-2-3-8-13(11)19(25)15-14(16(8)22)17(23)9-5-7(20(26)27)6-10(21)12(9)18(15)24/h2-4,7,23-24H,5-6H2,1H3,(H,26,27). The molecule has 0 saturated carbocycles. The molecule has 0 radical (unpaired) electrons. The van der Waals surface area contributed by atoms with E-state index in [-0.39, 0.29) is 40.8 Å². The highest BCUT2D eigenvalue weighted by Crippen LogP contribution is 2.47. The lowest BCUT2D eigenvalue weighted by molar-refractivity contribution is -0.141. The summed E-state index contributed by atoms with van der Waals surface area (Å²) < 4.78 is 5.14. The van der Waals surface area contributed by atoms with Gasteiger partial charge in [0.25, 0.3) is 0 Å². The zero-order valence-corrected chi connectivity index (χ0v) is 14.6. The van der Waals surface area contributed by atoms with Gasteiger partial charge >= 0.3 is 5.97 Å². The zero-order valence-electron chi connectivity index (χ0n) is 14.6. The number of aromatic hydroxyl groups is 2. The van der Waals surface area contributed by atoms with Crippen LogP contribution in [0.4, 0.5) is 0 Å². The Labute approximate surface area is 158 Å². The minimum absolute atomic E-state index is 0.0107. The molecule has 0 fully saturated rings. The van der Waals surface area contributed by atoms with Crippen LogP contribution < -0.4 is 4.74 Å². The SMILES string of the molecule is COc1cccc2c1C(=O)c1c(O)c3c(c(O)c1C2=O)CC(C(=O)O)CC3=O. The first-order chi connectivity index (χ1) is 13.3. The van der Waals surface area contributed by atoms with E-state index in [1.807, 2.05) is 0 Å². The number of hydrogen-bond donors (Lipinski definition) is 3. The molecule has 1 unspecified atom stereocenters. The number of hydrogen-bond acceptors (Lipinski definition) is 7. The molecule has 2 aromatic rings. The summed E-state index contributed by atoms with van der Waals surface area (Å²) in [4.78, 5) is 49.8. The smallest absolute Gasteiger partial charge is 0.307 e. The lowest BCUT2D eigenvalue weighted by atomic mass is 9.75. The predicted octanol–water partition coefficient (Wildman–Crippen LogP) is 1.71. The van der Waals surface area contributed by atoms with Crippen LogP contribution in [0.2, 0.25) is 0 Å². The first kappa shape index (κ1) is 17.7. The van der Waals surface area contributed by atoms with Gasteiger partial charge in [0.1, 0.15) is 17.2 Å². The number of carbonyl (C=O) groups excluding carboxylic acids is 3. The molecule has 0 saturated heterocycles. The third kappa shape index (κ3) is 2.17. The molecular weight excluding hydrogens is 368 g/mol. The number of methoxy groups -OCH3 is 1. The Balaban J connectivity index is 2.04. The van der Waals surface area contributed by atoms with Crippen molar-refractivity contribution in [2.24, 2.45) is 5.92 Å². The Morgan fingerprint density at radius 3 is 2.29 bits per heavy atom. The summed E-state index contributed by atoms with van der Waals surface area (Å²) in [7, 11) is 1.32. The van der Waals surface area contributed by atoms with Gasteiger partial charge in [0.05, 0.1) is 35.3 Å². The first-order valence-corrected chi connectivity index (χ1v) is 8.41. The van der Waals surface area contributed by atoms with Crippen molar-refractivity contribution in [2.45, 2.75) is 12.8 Å². The van der Waals surface area contributed by atoms with Gasteiger partial charge in [-0.2, -0.15) is 0 Å². The van der Waals surface area contributed by atoms with Crippen molar-refractivity contribution < 1.29 is 39.2 Å². The molecule has 1 atom stereocenters. The molecule has 0 spiro atoms. The fraction of sp³-hybridized carbons (Fsp3) is 0.200. The fourth-order valence-corrected chi connectivity index (χ4v) is 3.92. The number of ketones is 3. The average molecular weight is 382 g/mol. The van der Waals surface area contributed by atoms with E-state index in [2.05, 4.69) is 0 Å². The predicted molar refractivity (Wildman–Crippen MR) is 93.4 cm³/mol. The molecule has 0 aliphatic heterocycles. The van der Waals surface area contributed by atoms with Crippen molar-refractivity contribution in [3.05, 3.63) is 51.6 Å². The quantitative estimate of drug-likeness (QED) is 0.570. The maximum atomic E-state index is 13.1. The van der Waals surface area contributed by atoms with Gasteiger partial charge in [-0.25, -0.2) is 0 Å². The highest BCUT2D eigenvalue weighted by Gasteiger charge is 2.43. The van der Waals surface area contributed by atoms with Gasteiger partial charge in [-0.3, -0.25) is 19.2 Å². The Morgan fingerprint density at radius 1 is 0.964 bits per heavy atom. The number of benzene rings is 2. The molecular formula is C20H14O8. The number of Topliss-reactive ketones (excluding diaryl/α,β-unsaturated/α-hetero) is 1. The number of carboxylic acids is 1. The van der Waals surface area contributed by atoms with Crippen molar-refractivity contribution in [3.63, 3.8) is 0 Å². The zero-order chi connectivity index (χ0) is 20.3. The van der Waals surface area contributed by atoms with Gasteiger partial charge in [-0.05, 0) is 12.5 Å². The molecule has 3 N–H and O–H groups in total. The molecule has 2 aliphatic carbocycles. The summed E-state index contributed by atoms with van der Waals surface area (Å²) in [5.41, 5.74) is -1.42. The topological polar surface area (TPSA) is 138 Å². The summed E-state index contributed by atoms with van der Waals surface area (Å²) >= 11 is 0. The molecule has 0 aromatic heterocycles. The molecule has 28 heavy (non-hydrogen) atoms. The van der Waals surface area contributed by atoms with Crippen LogP contribution in [0, 0.1) is 5.92 Å². The van der Waals surface area contributed by atoms with E-state index in [1.54, 1.807) is 0 Å². The van der Waals surface area contributed by atoms with Gasteiger partial charge in [-0.15, -0.1) is 0 Å². The molecule has 2 aliphatic rings. The number of ether oxygens (including phenoxy) is 1. The van der Waals surface area contributed by atoms with Gasteiger partial charge < -0.3 is 20.1 Å². The fourth-order valence-electron chi connectivity index (χ4n) is 3.92. The lowest BCUT2D eigenvalue weighted by Crippen LogP contribution is -2.29. The summed E-state index contributed by atoms with van der Waals surface area (Å²) in [6.45, 7) is 0. The highest BCUT2D eigenvalue weighted by atomic mass is 16.5. The highest BCUT2D eigenvalue weighted by molar-refractivity contribution is 6.32. The van der Waals surface area contributed by atoms with Crippen LogP contribution in [0.25, 0.3) is 0 Å². The van der Waals surface area contributed by atoms with Crippen LogP contribution in [0.15, 0.2) is 18.2 Å². The first-order valence-electron chi connectivity index (χ1n) is 8.41. The second kappa shape index (κ2) is 5.91. The Morgan fingerprint density at radius 2 is 1.64 bits per heavy atom. The van der Waals surface area contributed by atoms with Crippen LogP contribution >= 0.6 is 0 Å². The normalized spacial score (nSPS) is 17.6. The van der Waals surface area contributed by atoms with Gasteiger partial charge in [0, 0.05) is 17.5 Å². The van der Waals surface area contributed by atoms with Gasteiger partial charge in [0.15, 0.2) is 11.6 Å². The molecule has 2 aromatic carbocycles. The van der Waals surface area contributed by atoms with Crippen LogP contribution in [-0.2, 0) is 11.2 Å². The number of aliphatic carboxylic acids is 1. The monoisotopic (exact) mass is 382 g/mol. The molecule has 142 valence electrons. The second-order valence-electron chi connectivity index (χ2n) is 6.71. The van der Waals surface area contributed by atoms with E-state index in [9.17, 15) is 34.5 Å². The van der Waals surface area contributed by atoms with Crippen molar-refractivity contribution in [3.8, 4) is 17.2 Å². The second-order valence-corrected chi connectivity index (χ2v) is 6.71. The van der Waals surface area contributed by atoms with Gasteiger partial charge in [0.2, 0.25) is 5.78 Å². The molecule has 0 bridgehead atoms. The Kier molecular flexibility index (Phi) is 3.74. The number of phenols is 2. The molecule has 8 heteroatoms. The summed E-state index contributed by atoms with van der Waals surface area (Å²) in [6.07, 6.45) is -0.619. The summed E-state index contributed by atoms with van der Waals surface area (Å²) in [5, 5.41) is 30.6. The third-order valence-corrected chi connectivity index (χ3v) is 5.23. The van der Waals surface area contributed by atoms with E-state index in [0.717, 1.165) is 0 Å². The van der Waals surface area contributed by atoms with Crippen molar-refractivity contribution >= 4 is 23.3 Å². The van der Waals surface area contributed by atoms with E-state index in [4.69, 9.17) is 4.74 Å². The number of fused-ring (bicyclic) bond motifs is 3. The van der Waals surface area contributed by atoms with Gasteiger partial charge in [-0.1, -0.05) is 12.1 Å². The van der Waals surface area contributed by atoms with Crippen LogP contribution in [0.1, 0.15) is 54.2 Å². The number of carboxylic acid groups (broad SMARTS) is 1. The molecule has 0 heterocycles. The minimum atomic E-state index is -1.23. The van der Waals surface area contributed by atoms with Crippen molar-refractivity contribution in [2.75, 3.05) is 7.11 Å². The average Bonchev–Trinajstić information content (AvgIpc) is 2.67. The van der Waals surface area contributed by atoms with Crippen LogP contribution in [-0.4, -0.2) is 45.7 Å². The lowest BCUT2D eigenvalue weighted by Gasteiger charge is -2.27. The summed E-state index contributed by atoms with van der Waals surface area (Å²) in [5.74, 6) is -5.75. The van der Waals surface area contributed by atoms with E-state index >= 15 is 0 Å². The largest absolute Gasteiger partial charge is 0.507 e. The van der Waals surface area contributed by atoms with Crippen LogP contribution in [0.3, 0.4) is 0 Å². The van der Waals surface area contributed by atoms with E-state index in [0.29, 0.717) is 0 Å². The third-order valence-electron chi connectivity index (χ3n) is 5.23. The van der Waals surface area contributed by atoms with Crippen molar-refractivity contribution in [1.29, 1.82) is 0 Å². The molecule has 8 nitrogen and oxygen atoms in total. The van der Waals surface area contributed by atoms with E-state index in [1.165, 1.54) is 25.3 Å². The van der Waals surface area contributed by atoms with Crippen LogP contribution in [0.5, 0.6) is 17.2 Å². The number of rotatable bonds is 2. The molecule has 0 amide bonds. The molecule has 4 rings (SSSR count). The van der Waals surface area contributed by atoms with E-state index < -0.39 is 51.9 Å². The minimum Gasteiger partial charge on any atom is -0.507 e. The Bertz CT molecular complexity index is 1110. The Hall–Kier alpha value is -3.68. The number of carbonyl (C=O) groups is 4. The maximum Gasteiger partial charge on any atom is 0.307 e. The maximum absolute atomic E-state index is 13.1. The van der Waals surface area contributed by atoms with Crippen molar-refractivity contribution in [1.82, 2.24) is 0 Å².